The van der Waals surface area contributed by atoms with Gasteiger partial charge in [0.25, 0.3) is 5.91 Å². The Morgan fingerprint density at radius 3 is 2.56 bits per heavy atom. The molecule has 0 bridgehead atoms. The van der Waals surface area contributed by atoms with Gasteiger partial charge in [-0.05, 0) is 49.4 Å². The topological polar surface area (TPSA) is 76.2 Å². The van der Waals surface area contributed by atoms with Crippen LogP contribution in [0, 0.1) is 5.82 Å². The zero-order valence-corrected chi connectivity index (χ0v) is 17.8. The van der Waals surface area contributed by atoms with Gasteiger partial charge in [-0.3, -0.25) is 9.89 Å². The molecule has 0 saturated carbocycles. The van der Waals surface area contributed by atoms with Gasteiger partial charge in [-0.1, -0.05) is 24.3 Å². The van der Waals surface area contributed by atoms with Crippen molar-refractivity contribution in [1.29, 1.82) is 0 Å². The molecule has 4 rings (SSSR count). The van der Waals surface area contributed by atoms with E-state index in [1.807, 2.05) is 6.07 Å². The van der Waals surface area contributed by atoms with Crippen molar-refractivity contribution < 1.29 is 31.8 Å². The lowest BCUT2D eigenvalue weighted by Gasteiger charge is -2.14. The van der Waals surface area contributed by atoms with E-state index in [2.05, 4.69) is 15.5 Å². The Kier molecular flexibility index (Phi) is 6.40. The third-order valence-electron chi connectivity index (χ3n) is 4.97. The molecule has 0 spiro atoms. The third kappa shape index (κ3) is 5.28. The van der Waals surface area contributed by atoms with Crippen LogP contribution in [0.25, 0.3) is 10.9 Å². The Bertz CT molecular complexity index is 1310. The number of carbonyl (C=O) groups excluding carboxylic acids is 1. The number of ether oxygens (including phenoxy) is 2. The van der Waals surface area contributed by atoms with Crippen LogP contribution in [0.5, 0.6) is 11.5 Å². The summed E-state index contributed by atoms with van der Waals surface area (Å²) in [7, 11) is 0. The van der Waals surface area contributed by atoms with Crippen molar-refractivity contribution in [3.8, 4) is 11.5 Å². The number of amides is 1. The molecule has 3 aromatic carbocycles. The number of anilines is 1. The Balaban J connectivity index is 1.48. The number of H-pyrrole nitrogens is 1. The van der Waals surface area contributed by atoms with Gasteiger partial charge in [0.1, 0.15) is 23.9 Å². The molecule has 1 heterocycles. The van der Waals surface area contributed by atoms with Gasteiger partial charge >= 0.3 is 6.18 Å². The van der Waals surface area contributed by atoms with Crippen molar-refractivity contribution in [1.82, 2.24) is 10.2 Å². The van der Waals surface area contributed by atoms with Gasteiger partial charge in [0.05, 0.1) is 11.1 Å². The van der Waals surface area contributed by atoms with Crippen LogP contribution in [0.1, 0.15) is 18.1 Å². The first-order valence-corrected chi connectivity index (χ1v) is 10.2. The maximum Gasteiger partial charge on any atom is 0.416 e. The van der Waals surface area contributed by atoms with E-state index < -0.39 is 36.2 Å². The maximum atomic E-state index is 13.3. The molecule has 10 heteroatoms. The Morgan fingerprint density at radius 1 is 1.06 bits per heavy atom. The fourth-order valence-electron chi connectivity index (χ4n) is 3.25. The second kappa shape index (κ2) is 9.42. The smallest absolute Gasteiger partial charge is 0.416 e. The zero-order chi connectivity index (χ0) is 24.3. The molecular weight excluding hydrogens is 454 g/mol. The van der Waals surface area contributed by atoms with Crippen LogP contribution >= 0.6 is 0 Å². The molecule has 176 valence electrons. The van der Waals surface area contributed by atoms with Crippen LogP contribution in [0.3, 0.4) is 0 Å². The van der Waals surface area contributed by atoms with Crippen LogP contribution in [0.4, 0.5) is 23.4 Å². The third-order valence-corrected chi connectivity index (χ3v) is 4.97. The molecular formula is C24H19F4N3O3. The van der Waals surface area contributed by atoms with E-state index >= 15 is 0 Å². The Morgan fingerprint density at radius 2 is 1.82 bits per heavy atom. The largest absolute Gasteiger partial charge is 0.489 e. The predicted octanol–water partition coefficient (Wildman–Crippen LogP) is 5.71. The van der Waals surface area contributed by atoms with E-state index in [-0.39, 0.29) is 17.1 Å². The summed E-state index contributed by atoms with van der Waals surface area (Å²) in [5.74, 6) is -0.430. The molecule has 4 aromatic rings. The number of nitrogens with zero attached hydrogens (tertiary/aromatic N) is 1. The van der Waals surface area contributed by atoms with Crippen LogP contribution in [0.2, 0.25) is 0 Å². The number of halogens is 4. The van der Waals surface area contributed by atoms with Gasteiger partial charge in [-0.25, -0.2) is 4.39 Å². The van der Waals surface area contributed by atoms with Gasteiger partial charge in [0.15, 0.2) is 11.9 Å². The van der Waals surface area contributed by atoms with E-state index in [1.54, 1.807) is 43.3 Å². The number of hydrogen-bond acceptors (Lipinski definition) is 4. The van der Waals surface area contributed by atoms with Crippen LogP contribution < -0.4 is 14.8 Å². The maximum absolute atomic E-state index is 13.3. The molecule has 0 aliphatic rings. The van der Waals surface area contributed by atoms with Crippen molar-refractivity contribution in [2.75, 3.05) is 5.32 Å². The predicted molar refractivity (Wildman–Crippen MR) is 117 cm³/mol. The van der Waals surface area contributed by atoms with E-state index in [4.69, 9.17) is 9.47 Å². The van der Waals surface area contributed by atoms with Gasteiger partial charge in [0.2, 0.25) is 0 Å². The first-order valence-electron chi connectivity index (χ1n) is 10.2. The minimum absolute atomic E-state index is 0.207. The molecule has 0 aliphatic carbocycles. The fraction of sp³-hybridized carbons (Fsp3) is 0.167. The number of carbonyl (C=O) groups is 1. The van der Waals surface area contributed by atoms with Crippen molar-refractivity contribution in [3.05, 3.63) is 83.7 Å². The lowest BCUT2D eigenvalue weighted by Crippen LogP contribution is -2.30. The molecule has 0 saturated heterocycles. The number of rotatable bonds is 7. The molecule has 2 N–H and O–H groups in total. The summed E-state index contributed by atoms with van der Waals surface area (Å²) in [6.45, 7) is 1.16. The Labute approximate surface area is 191 Å². The van der Waals surface area contributed by atoms with Crippen molar-refractivity contribution in [2.24, 2.45) is 0 Å². The summed E-state index contributed by atoms with van der Waals surface area (Å²) < 4.78 is 64.1. The van der Waals surface area contributed by atoms with Gasteiger partial charge in [0, 0.05) is 10.9 Å². The minimum Gasteiger partial charge on any atom is -0.489 e. The number of fused-ring (bicyclic) bond motifs is 1. The summed E-state index contributed by atoms with van der Waals surface area (Å²) in [4.78, 5) is 12.6. The van der Waals surface area contributed by atoms with Gasteiger partial charge in [-0.15, -0.1) is 0 Å². The summed E-state index contributed by atoms with van der Waals surface area (Å²) in [5, 5.41) is 10.0. The monoisotopic (exact) mass is 473 g/mol. The minimum atomic E-state index is -4.72. The fourth-order valence-corrected chi connectivity index (χ4v) is 3.25. The van der Waals surface area contributed by atoms with Crippen molar-refractivity contribution in [3.63, 3.8) is 0 Å². The summed E-state index contributed by atoms with van der Waals surface area (Å²) in [6, 6.07) is 16.0. The first-order chi connectivity index (χ1) is 16.2. The summed E-state index contributed by atoms with van der Waals surface area (Å²) in [5.41, 5.74) is -0.726. The SMILES string of the molecule is CC(Oc1ccccc1)C(=O)Nc1n[nH]c2ccc(OCc3ccc(F)cc3C(F)(F)F)cc12. The average Bonchev–Trinajstić information content (AvgIpc) is 3.20. The molecule has 1 aromatic heterocycles. The van der Waals surface area contributed by atoms with Crippen LogP contribution in [-0.2, 0) is 17.6 Å². The number of nitrogens with one attached hydrogen (secondary N) is 2. The van der Waals surface area contributed by atoms with Crippen LogP contribution in [0.15, 0.2) is 66.7 Å². The number of aromatic amines is 1. The number of aromatic nitrogens is 2. The second-order valence-electron chi connectivity index (χ2n) is 7.43. The number of benzene rings is 3. The molecule has 0 fully saturated rings. The summed E-state index contributed by atoms with van der Waals surface area (Å²) in [6.07, 6.45) is -5.53. The second-order valence-corrected chi connectivity index (χ2v) is 7.43. The lowest BCUT2D eigenvalue weighted by atomic mass is 10.1. The number of hydrogen-bond donors (Lipinski definition) is 2. The molecule has 6 nitrogen and oxygen atoms in total. The average molecular weight is 473 g/mol. The number of para-hydroxylation sites is 1. The molecule has 34 heavy (non-hydrogen) atoms. The standard InChI is InChI=1S/C24H19F4N3O3/c1-14(34-17-5-3-2-4-6-17)23(32)29-22-19-12-18(9-10-21(19)30-31-22)33-13-15-7-8-16(25)11-20(15)24(26,27)28/h2-12,14H,13H2,1H3,(H2,29,30,31,32). The van der Waals surface area contributed by atoms with E-state index in [0.717, 1.165) is 12.1 Å². The quantitative estimate of drug-likeness (QED) is 0.338. The zero-order valence-electron chi connectivity index (χ0n) is 17.8. The summed E-state index contributed by atoms with van der Waals surface area (Å²) >= 11 is 0. The molecule has 1 amide bonds. The molecule has 0 radical (unpaired) electrons. The lowest BCUT2D eigenvalue weighted by molar-refractivity contribution is -0.138. The first kappa shape index (κ1) is 23.1. The highest BCUT2D eigenvalue weighted by atomic mass is 19.4. The molecule has 1 unspecified atom stereocenters. The Hall–Kier alpha value is -4.08. The van der Waals surface area contributed by atoms with E-state index in [0.29, 0.717) is 22.7 Å². The van der Waals surface area contributed by atoms with E-state index in [1.165, 1.54) is 6.07 Å². The highest BCUT2D eigenvalue weighted by molar-refractivity contribution is 6.01. The van der Waals surface area contributed by atoms with Gasteiger partial charge < -0.3 is 14.8 Å². The molecule has 1 atom stereocenters. The van der Waals surface area contributed by atoms with Crippen LogP contribution in [-0.4, -0.2) is 22.2 Å². The molecule has 0 aliphatic heterocycles. The highest BCUT2D eigenvalue weighted by Gasteiger charge is 2.34. The van der Waals surface area contributed by atoms with E-state index in [9.17, 15) is 22.4 Å². The normalized spacial score (nSPS) is 12.4. The van der Waals surface area contributed by atoms with Crippen molar-refractivity contribution in [2.45, 2.75) is 25.8 Å². The van der Waals surface area contributed by atoms with Crippen molar-refractivity contribution >= 4 is 22.6 Å². The highest BCUT2D eigenvalue weighted by Crippen LogP contribution is 2.33. The van der Waals surface area contributed by atoms with Gasteiger partial charge in [-0.2, -0.15) is 18.3 Å². The number of alkyl halides is 3.